The van der Waals surface area contributed by atoms with Crippen LogP contribution in [0.25, 0.3) is 0 Å². The highest BCUT2D eigenvalue weighted by Crippen LogP contribution is 2.23. The highest BCUT2D eigenvalue weighted by molar-refractivity contribution is 7.99. The van der Waals surface area contributed by atoms with Crippen LogP contribution < -0.4 is 0 Å². The number of piperazine rings is 1. The van der Waals surface area contributed by atoms with Gasteiger partial charge in [0.15, 0.2) is 0 Å². The highest BCUT2D eigenvalue weighted by Gasteiger charge is 2.37. The number of aliphatic carboxylic acids is 1. The van der Waals surface area contributed by atoms with E-state index in [4.69, 9.17) is 9.84 Å². The Morgan fingerprint density at radius 2 is 1.81 bits per heavy atom. The normalized spacial score (nSPS) is 22.3. The standard InChI is InChI=1S/C12H19N3O5S/c1-2-20-12(19)14-5-3-13(4-6-14)11(18)15-8-21-7-9(15)10(16)17/h9H,2-8H2,1H3,(H,16,17). The Morgan fingerprint density at radius 3 is 2.38 bits per heavy atom. The van der Waals surface area contributed by atoms with Gasteiger partial charge in [-0.3, -0.25) is 0 Å². The van der Waals surface area contributed by atoms with Crippen LogP contribution in [0, 0.1) is 0 Å². The molecular formula is C12H19N3O5S. The molecule has 0 spiro atoms. The Balaban J connectivity index is 1.88. The molecule has 2 aliphatic rings. The number of carboxylic acid groups (broad SMARTS) is 1. The van der Waals surface area contributed by atoms with E-state index in [1.165, 1.54) is 16.7 Å². The fourth-order valence-corrected chi connectivity index (χ4v) is 3.45. The van der Waals surface area contributed by atoms with Crippen LogP contribution in [0.2, 0.25) is 0 Å². The second-order valence-electron chi connectivity index (χ2n) is 4.78. The molecule has 0 saturated carbocycles. The summed E-state index contributed by atoms with van der Waals surface area (Å²) in [6.07, 6.45) is -0.371. The topological polar surface area (TPSA) is 90.4 Å². The van der Waals surface area contributed by atoms with Crippen molar-refractivity contribution < 1.29 is 24.2 Å². The van der Waals surface area contributed by atoms with Gasteiger partial charge in [-0.1, -0.05) is 0 Å². The molecule has 0 aromatic heterocycles. The zero-order valence-electron chi connectivity index (χ0n) is 11.9. The van der Waals surface area contributed by atoms with Gasteiger partial charge in [0.2, 0.25) is 0 Å². The van der Waals surface area contributed by atoms with E-state index in [1.54, 1.807) is 16.7 Å². The molecule has 2 rings (SSSR count). The summed E-state index contributed by atoms with van der Waals surface area (Å²) >= 11 is 1.44. The minimum absolute atomic E-state index is 0.268. The van der Waals surface area contributed by atoms with E-state index in [0.29, 0.717) is 44.4 Å². The lowest BCUT2D eigenvalue weighted by molar-refractivity contribution is -0.141. The van der Waals surface area contributed by atoms with Crippen LogP contribution in [0.4, 0.5) is 9.59 Å². The summed E-state index contributed by atoms with van der Waals surface area (Å²) in [7, 11) is 0. The van der Waals surface area contributed by atoms with Crippen LogP contribution in [-0.4, -0.2) is 88.4 Å². The Bertz CT molecular complexity index is 425. The summed E-state index contributed by atoms with van der Waals surface area (Å²) < 4.78 is 4.92. The number of carbonyl (C=O) groups is 3. The molecule has 1 N–H and O–H groups in total. The minimum atomic E-state index is -0.974. The minimum Gasteiger partial charge on any atom is -0.480 e. The average molecular weight is 317 g/mol. The maximum atomic E-state index is 12.4. The van der Waals surface area contributed by atoms with E-state index in [0.717, 1.165) is 0 Å². The smallest absolute Gasteiger partial charge is 0.409 e. The van der Waals surface area contributed by atoms with E-state index >= 15 is 0 Å². The lowest BCUT2D eigenvalue weighted by Crippen LogP contribution is -2.55. The molecule has 2 fully saturated rings. The molecule has 0 radical (unpaired) electrons. The van der Waals surface area contributed by atoms with Crippen LogP contribution in [0.5, 0.6) is 0 Å². The monoisotopic (exact) mass is 317 g/mol. The second-order valence-corrected chi connectivity index (χ2v) is 5.78. The van der Waals surface area contributed by atoms with E-state index in [-0.39, 0.29) is 12.1 Å². The van der Waals surface area contributed by atoms with Crippen LogP contribution in [-0.2, 0) is 9.53 Å². The number of thioether (sulfide) groups is 1. The summed E-state index contributed by atoms with van der Waals surface area (Å²) in [5.74, 6) is -0.156. The number of nitrogens with zero attached hydrogens (tertiary/aromatic N) is 3. The summed E-state index contributed by atoms with van der Waals surface area (Å²) in [5.41, 5.74) is 0. The van der Waals surface area contributed by atoms with Gasteiger partial charge in [-0.25, -0.2) is 14.4 Å². The van der Waals surface area contributed by atoms with Crippen LogP contribution in [0.15, 0.2) is 0 Å². The summed E-state index contributed by atoms with van der Waals surface area (Å²) in [5, 5.41) is 9.11. The molecule has 9 heteroatoms. The van der Waals surface area contributed by atoms with Gasteiger partial charge in [-0.2, -0.15) is 0 Å². The Labute approximate surface area is 127 Å². The average Bonchev–Trinajstić information content (AvgIpc) is 2.96. The van der Waals surface area contributed by atoms with Crippen molar-refractivity contribution in [3.63, 3.8) is 0 Å². The van der Waals surface area contributed by atoms with Crippen LogP contribution in [0.3, 0.4) is 0 Å². The molecule has 2 saturated heterocycles. The van der Waals surface area contributed by atoms with Gasteiger partial charge in [-0.15, -0.1) is 11.8 Å². The summed E-state index contributed by atoms with van der Waals surface area (Å²) in [4.78, 5) is 39.6. The molecule has 1 unspecified atom stereocenters. The number of amides is 3. The zero-order chi connectivity index (χ0) is 15.4. The van der Waals surface area contributed by atoms with Crippen molar-refractivity contribution in [2.24, 2.45) is 0 Å². The first-order valence-corrected chi connectivity index (χ1v) is 7.98. The summed E-state index contributed by atoms with van der Waals surface area (Å²) in [6.45, 7) is 3.67. The van der Waals surface area contributed by atoms with Crippen molar-refractivity contribution >= 4 is 29.9 Å². The van der Waals surface area contributed by atoms with Crippen molar-refractivity contribution in [1.29, 1.82) is 0 Å². The lowest BCUT2D eigenvalue weighted by atomic mass is 10.3. The molecule has 21 heavy (non-hydrogen) atoms. The Hall–Kier alpha value is -1.64. The molecule has 3 amide bonds. The first-order valence-electron chi connectivity index (χ1n) is 6.82. The van der Waals surface area contributed by atoms with Crippen molar-refractivity contribution in [2.75, 3.05) is 44.4 Å². The molecular weight excluding hydrogens is 298 g/mol. The van der Waals surface area contributed by atoms with E-state index < -0.39 is 12.0 Å². The van der Waals surface area contributed by atoms with Gasteiger partial charge in [0.1, 0.15) is 6.04 Å². The third-order valence-corrected chi connectivity index (χ3v) is 4.50. The fourth-order valence-electron chi connectivity index (χ4n) is 2.31. The second kappa shape index (κ2) is 6.88. The van der Waals surface area contributed by atoms with Gasteiger partial charge < -0.3 is 24.5 Å². The Morgan fingerprint density at radius 1 is 1.19 bits per heavy atom. The molecule has 8 nitrogen and oxygen atoms in total. The fraction of sp³-hybridized carbons (Fsp3) is 0.750. The number of carboxylic acids is 1. The molecule has 0 aromatic carbocycles. The largest absolute Gasteiger partial charge is 0.480 e. The maximum Gasteiger partial charge on any atom is 0.409 e. The van der Waals surface area contributed by atoms with E-state index in [2.05, 4.69) is 0 Å². The number of ether oxygens (including phenoxy) is 1. The van der Waals surface area contributed by atoms with Gasteiger partial charge in [-0.05, 0) is 6.92 Å². The van der Waals surface area contributed by atoms with Crippen molar-refractivity contribution in [2.45, 2.75) is 13.0 Å². The van der Waals surface area contributed by atoms with E-state index in [9.17, 15) is 14.4 Å². The van der Waals surface area contributed by atoms with Gasteiger partial charge in [0.05, 0.1) is 12.5 Å². The van der Waals surface area contributed by atoms with Crippen LogP contribution >= 0.6 is 11.8 Å². The number of urea groups is 1. The molecule has 0 aromatic rings. The van der Waals surface area contributed by atoms with Crippen molar-refractivity contribution in [1.82, 2.24) is 14.7 Å². The zero-order valence-corrected chi connectivity index (χ0v) is 12.7. The predicted octanol–water partition coefficient (Wildman–Crippen LogP) is 0.340. The molecule has 1 atom stereocenters. The maximum absolute atomic E-state index is 12.4. The van der Waals surface area contributed by atoms with Crippen molar-refractivity contribution in [3.8, 4) is 0 Å². The Kier molecular flexibility index (Phi) is 5.16. The van der Waals surface area contributed by atoms with Crippen molar-refractivity contribution in [3.05, 3.63) is 0 Å². The van der Waals surface area contributed by atoms with Gasteiger partial charge >= 0.3 is 18.1 Å². The summed E-state index contributed by atoms with van der Waals surface area (Å²) in [6, 6.07) is -1.03. The van der Waals surface area contributed by atoms with Crippen LogP contribution in [0.1, 0.15) is 6.92 Å². The molecule has 0 aliphatic carbocycles. The number of carbonyl (C=O) groups excluding carboxylic acids is 2. The third-order valence-electron chi connectivity index (χ3n) is 3.49. The third kappa shape index (κ3) is 3.52. The molecule has 118 valence electrons. The highest BCUT2D eigenvalue weighted by atomic mass is 32.2. The first kappa shape index (κ1) is 15.7. The predicted molar refractivity (Wildman–Crippen MR) is 76.2 cm³/mol. The molecule has 0 bridgehead atoms. The number of hydrogen-bond donors (Lipinski definition) is 1. The van der Waals surface area contributed by atoms with E-state index in [1.807, 2.05) is 0 Å². The van der Waals surface area contributed by atoms with Gasteiger partial charge in [0.25, 0.3) is 0 Å². The molecule has 2 aliphatic heterocycles. The number of rotatable bonds is 2. The van der Waals surface area contributed by atoms with Gasteiger partial charge in [0, 0.05) is 31.9 Å². The quantitative estimate of drug-likeness (QED) is 0.790. The molecule has 2 heterocycles. The SMILES string of the molecule is CCOC(=O)N1CCN(C(=O)N2CSCC2C(=O)O)CC1. The lowest BCUT2D eigenvalue weighted by Gasteiger charge is -2.36. The number of hydrogen-bond acceptors (Lipinski definition) is 5. The first-order chi connectivity index (χ1) is 10.0.